The first-order valence-electron chi connectivity index (χ1n) is 7.98. The van der Waals surface area contributed by atoms with Gasteiger partial charge in [-0.1, -0.05) is 36.2 Å². The highest BCUT2D eigenvalue weighted by Gasteiger charge is 2.21. The van der Waals surface area contributed by atoms with Crippen molar-refractivity contribution in [2.75, 3.05) is 19.6 Å². The number of piperidine rings is 1. The number of rotatable bonds is 6. The van der Waals surface area contributed by atoms with Gasteiger partial charge in [0.05, 0.1) is 0 Å². The van der Waals surface area contributed by atoms with E-state index in [2.05, 4.69) is 17.6 Å². The van der Waals surface area contributed by atoms with Gasteiger partial charge in [0.25, 0.3) is 0 Å². The Morgan fingerprint density at radius 2 is 2.09 bits per heavy atom. The van der Waals surface area contributed by atoms with E-state index in [1.807, 2.05) is 18.2 Å². The molecular weight excluding hydrogens is 355 g/mol. The van der Waals surface area contributed by atoms with Crippen molar-refractivity contribution in [3.63, 3.8) is 0 Å². The Balaban J connectivity index is 0.00000264. The molecule has 2 N–H and O–H groups in total. The zero-order valence-corrected chi connectivity index (χ0v) is 15.7. The van der Waals surface area contributed by atoms with Gasteiger partial charge < -0.3 is 10.6 Å². The van der Waals surface area contributed by atoms with E-state index in [1.54, 1.807) is 0 Å². The maximum atomic E-state index is 12.1. The van der Waals surface area contributed by atoms with Crippen LogP contribution in [0.2, 0.25) is 10.0 Å². The molecule has 1 fully saturated rings. The fraction of sp³-hybridized carbons (Fsp3) is 0.588. The summed E-state index contributed by atoms with van der Waals surface area (Å²) in [6.07, 6.45) is 3.67. The van der Waals surface area contributed by atoms with Gasteiger partial charge in [-0.3, -0.25) is 4.79 Å². The van der Waals surface area contributed by atoms with Crippen molar-refractivity contribution in [3.05, 3.63) is 33.8 Å². The van der Waals surface area contributed by atoms with E-state index in [0.29, 0.717) is 41.3 Å². The zero-order chi connectivity index (χ0) is 15.9. The minimum Gasteiger partial charge on any atom is -0.356 e. The number of carbonyl (C=O) groups is 1. The minimum atomic E-state index is 0. The largest absolute Gasteiger partial charge is 0.356 e. The molecule has 130 valence electrons. The Kier molecular flexibility index (Phi) is 9.30. The van der Waals surface area contributed by atoms with Crippen LogP contribution in [0.15, 0.2) is 18.2 Å². The van der Waals surface area contributed by atoms with Crippen molar-refractivity contribution in [2.24, 2.45) is 11.8 Å². The van der Waals surface area contributed by atoms with Crippen LogP contribution in [-0.4, -0.2) is 25.5 Å². The normalized spacial score (nSPS) is 18.8. The van der Waals surface area contributed by atoms with Crippen LogP contribution >= 0.6 is 35.6 Å². The quantitative estimate of drug-likeness (QED) is 0.781. The fourth-order valence-corrected chi connectivity index (χ4v) is 3.58. The molecule has 0 aliphatic carbocycles. The molecule has 2 rings (SSSR count). The van der Waals surface area contributed by atoms with Gasteiger partial charge in [-0.2, -0.15) is 0 Å². The maximum absolute atomic E-state index is 12.1. The Bertz CT molecular complexity index is 484. The van der Waals surface area contributed by atoms with E-state index < -0.39 is 0 Å². The molecule has 1 aromatic rings. The van der Waals surface area contributed by atoms with Crippen molar-refractivity contribution in [2.45, 2.75) is 32.6 Å². The molecule has 0 saturated carbocycles. The SMILES string of the molecule is CC(CC(=O)NCCc1c(Cl)cccc1Cl)C1CCCNC1.Cl. The van der Waals surface area contributed by atoms with Crippen molar-refractivity contribution >= 4 is 41.5 Å². The number of halogens is 3. The molecule has 1 saturated heterocycles. The van der Waals surface area contributed by atoms with E-state index in [-0.39, 0.29) is 18.3 Å². The first-order valence-corrected chi connectivity index (χ1v) is 8.74. The van der Waals surface area contributed by atoms with E-state index >= 15 is 0 Å². The second-order valence-corrected chi connectivity index (χ2v) is 6.90. The van der Waals surface area contributed by atoms with Crippen LogP contribution in [0.4, 0.5) is 0 Å². The number of hydrogen-bond donors (Lipinski definition) is 2. The van der Waals surface area contributed by atoms with Gasteiger partial charge in [0.2, 0.25) is 5.91 Å². The lowest BCUT2D eigenvalue weighted by Gasteiger charge is -2.28. The fourth-order valence-electron chi connectivity index (χ4n) is 2.99. The molecule has 1 aromatic carbocycles. The van der Waals surface area contributed by atoms with E-state index in [1.165, 1.54) is 12.8 Å². The summed E-state index contributed by atoms with van der Waals surface area (Å²) < 4.78 is 0. The summed E-state index contributed by atoms with van der Waals surface area (Å²) >= 11 is 12.3. The highest BCUT2D eigenvalue weighted by atomic mass is 35.5. The molecule has 1 heterocycles. The summed E-state index contributed by atoms with van der Waals surface area (Å²) in [6.45, 7) is 4.87. The molecular formula is C17H25Cl3N2O. The first kappa shape index (κ1) is 20.6. The van der Waals surface area contributed by atoms with Crippen molar-refractivity contribution in [3.8, 4) is 0 Å². The Morgan fingerprint density at radius 3 is 2.70 bits per heavy atom. The third kappa shape index (κ3) is 6.50. The summed E-state index contributed by atoms with van der Waals surface area (Å²) in [5.74, 6) is 1.13. The lowest BCUT2D eigenvalue weighted by molar-refractivity contribution is -0.122. The third-order valence-electron chi connectivity index (χ3n) is 4.41. The zero-order valence-electron chi connectivity index (χ0n) is 13.4. The third-order valence-corrected chi connectivity index (χ3v) is 5.11. The maximum Gasteiger partial charge on any atom is 0.220 e. The van der Waals surface area contributed by atoms with Gasteiger partial charge in [0.15, 0.2) is 0 Å². The number of nitrogens with one attached hydrogen (secondary N) is 2. The predicted molar refractivity (Wildman–Crippen MR) is 99.8 cm³/mol. The molecule has 2 unspecified atom stereocenters. The molecule has 0 bridgehead atoms. The van der Waals surface area contributed by atoms with Crippen LogP contribution in [0.1, 0.15) is 31.7 Å². The Morgan fingerprint density at radius 1 is 1.39 bits per heavy atom. The smallest absolute Gasteiger partial charge is 0.220 e. The average molecular weight is 380 g/mol. The van der Waals surface area contributed by atoms with Gasteiger partial charge in [-0.15, -0.1) is 12.4 Å². The van der Waals surface area contributed by atoms with E-state index in [9.17, 15) is 4.79 Å². The number of benzene rings is 1. The predicted octanol–water partition coefficient (Wildman–Crippen LogP) is 4.10. The topological polar surface area (TPSA) is 41.1 Å². The summed E-state index contributed by atoms with van der Waals surface area (Å²) in [5.41, 5.74) is 0.899. The van der Waals surface area contributed by atoms with Gasteiger partial charge in [-0.05, 0) is 61.9 Å². The Hall–Kier alpha value is -0.480. The van der Waals surface area contributed by atoms with Crippen LogP contribution < -0.4 is 10.6 Å². The monoisotopic (exact) mass is 378 g/mol. The number of amides is 1. The number of hydrogen-bond acceptors (Lipinski definition) is 2. The molecule has 6 heteroatoms. The molecule has 3 nitrogen and oxygen atoms in total. The van der Waals surface area contributed by atoms with Crippen LogP contribution in [0.25, 0.3) is 0 Å². The Labute approximate surface area is 154 Å². The van der Waals surface area contributed by atoms with Crippen LogP contribution in [-0.2, 0) is 11.2 Å². The minimum absolute atomic E-state index is 0. The van der Waals surface area contributed by atoms with Crippen LogP contribution in [0.3, 0.4) is 0 Å². The lowest BCUT2D eigenvalue weighted by atomic mass is 9.85. The standard InChI is InChI=1S/C17H24Cl2N2O.ClH/c1-12(13-4-3-8-20-11-13)10-17(22)21-9-7-14-15(18)5-2-6-16(14)19;/h2,5-6,12-13,20H,3-4,7-11H2,1H3,(H,21,22);1H. The second kappa shape index (κ2) is 10.4. The molecule has 2 atom stereocenters. The van der Waals surface area contributed by atoms with E-state index in [0.717, 1.165) is 18.7 Å². The van der Waals surface area contributed by atoms with Crippen molar-refractivity contribution in [1.29, 1.82) is 0 Å². The average Bonchev–Trinajstić information content (AvgIpc) is 2.51. The van der Waals surface area contributed by atoms with Gasteiger partial charge in [-0.25, -0.2) is 0 Å². The summed E-state index contributed by atoms with van der Waals surface area (Å²) in [6, 6.07) is 5.47. The van der Waals surface area contributed by atoms with Crippen molar-refractivity contribution in [1.82, 2.24) is 10.6 Å². The van der Waals surface area contributed by atoms with Crippen LogP contribution in [0.5, 0.6) is 0 Å². The molecule has 0 aromatic heterocycles. The molecule has 0 radical (unpaired) electrons. The molecule has 1 amide bonds. The van der Waals surface area contributed by atoms with Crippen molar-refractivity contribution < 1.29 is 4.79 Å². The summed E-state index contributed by atoms with van der Waals surface area (Å²) in [4.78, 5) is 12.1. The van der Waals surface area contributed by atoms with Gasteiger partial charge in [0, 0.05) is 23.0 Å². The van der Waals surface area contributed by atoms with Gasteiger partial charge >= 0.3 is 0 Å². The highest BCUT2D eigenvalue weighted by molar-refractivity contribution is 6.35. The van der Waals surface area contributed by atoms with E-state index in [4.69, 9.17) is 23.2 Å². The molecule has 0 spiro atoms. The molecule has 23 heavy (non-hydrogen) atoms. The second-order valence-electron chi connectivity index (χ2n) is 6.09. The summed E-state index contributed by atoms with van der Waals surface area (Å²) in [5, 5.41) is 7.70. The highest BCUT2D eigenvalue weighted by Crippen LogP contribution is 2.25. The first-order chi connectivity index (χ1) is 10.6. The number of carbonyl (C=O) groups excluding carboxylic acids is 1. The lowest BCUT2D eigenvalue weighted by Crippen LogP contribution is -2.36. The van der Waals surface area contributed by atoms with Crippen LogP contribution in [0, 0.1) is 11.8 Å². The summed E-state index contributed by atoms with van der Waals surface area (Å²) in [7, 11) is 0. The molecule has 1 aliphatic rings. The van der Waals surface area contributed by atoms with Gasteiger partial charge in [0.1, 0.15) is 0 Å². The molecule has 1 aliphatic heterocycles.